The van der Waals surface area contributed by atoms with Crippen LogP contribution < -0.4 is 5.32 Å². The molecule has 7 nitrogen and oxygen atoms in total. The molecule has 0 amide bonds. The van der Waals surface area contributed by atoms with E-state index < -0.39 is 0 Å². The van der Waals surface area contributed by atoms with Gasteiger partial charge in [-0.25, -0.2) is 4.39 Å². The molecule has 0 aliphatic carbocycles. The molecule has 0 radical (unpaired) electrons. The minimum absolute atomic E-state index is 0.0805. The van der Waals surface area contributed by atoms with Crippen molar-refractivity contribution in [2.24, 2.45) is 10.9 Å². The van der Waals surface area contributed by atoms with Crippen LogP contribution in [0.2, 0.25) is 0 Å². The van der Waals surface area contributed by atoms with Crippen molar-refractivity contribution in [1.29, 1.82) is 0 Å². The standard InChI is InChI=1S/C22H33FN4O3/c1-3-30-21(28)18-5-4-10-27(16-18)22(24-2)25-15-20(26-11-13-29-14-12-26)17-6-8-19(23)9-7-17/h6-9,18,20H,3-5,10-16H2,1-2H3,(H,24,25). The van der Waals surface area contributed by atoms with Crippen LogP contribution >= 0.6 is 0 Å². The van der Waals surface area contributed by atoms with Gasteiger partial charge in [0, 0.05) is 39.8 Å². The van der Waals surface area contributed by atoms with Crippen LogP contribution in [0.1, 0.15) is 31.4 Å². The van der Waals surface area contributed by atoms with E-state index in [0.717, 1.165) is 44.0 Å². The highest BCUT2D eigenvalue weighted by atomic mass is 19.1. The number of likely N-dealkylation sites (tertiary alicyclic amines) is 1. The van der Waals surface area contributed by atoms with E-state index in [2.05, 4.69) is 20.1 Å². The lowest BCUT2D eigenvalue weighted by Crippen LogP contribution is -2.50. The van der Waals surface area contributed by atoms with E-state index in [-0.39, 0.29) is 23.7 Å². The molecule has 2 saturated heterocycles. The van der Waals surface area contributed by atoms with Crippen molar-refractivity contribution in [3.63, 3.8) is 0 Å². The molecule has 0 bridgehead atoms. The van der Waals surface area contributed by atoms with Crippen LogP contribution in [0, 0.1) is 11.7 Å². The second kappa shape index (κ2) is 11.3. The number of nitrogens with zero attached hydrogens (tertiary/aromatic N) is 3. The summed E-state index contributed by atoms with van der Waals surface area (Å²) in [5.74, 6) is 0.297. The molecule has 1 N–H and O–H groups in total. The van der Waals surface area contributed by atoms with Crippen LogP contribution in [0.3, 0.4) is 0 Å². The molecule has 2 fully saturated rings. The SMILES string of the molecule is CCOC(=O)C1CCCN(C(=NC)NCC(c2ccc(F)cc2)N2CCOCC2)C1. The molecule has 1 aromatic carbocycles. The van der Waals surface area contributed by atoms with Gasteiger partial charge in [0.1, 0.15) is 5.82 Å². The molecule has 2 atom stereocenters. The Bertz CT molecular complexity index is 707. The summed E-state index contributed by atoms with van der Waals surface area (Å²) >= 11 is 0. The molecule has 2 aliphatic rings. The molecule has 2 unspecified atom stereocenters. The fourth-order valence-corrected chi connectivity index (χ4v) is 4.17. The lowest BCUT2D eigenvalue weighted by molar-refractivity contribution is -0.149. The normalized spacial score (nSPS) is 21.9. The fourth-order valence-electron chi connectivity index (χ4n) is 4.17. The van der Waals surface area contributed by atoms with Gasteiger partial charge in [0.2, 0.25) is 0 Å². The lowest BCUT2D eigenvalue weighted by Gasteiger charge is -2.37. The summed E-state index contributed by atoms with van der Waals surface area (Å²) in [6, 6.07) is 6.78. The zero-order chi connectivity index (χ0) is 21.3. The number of benzene rings is 1. The van der Waals surface area contributed by atoms with Gasteiger partial charge < -0.3 is 19.7 Å². The van der Waals surface area contributed by atoms with Crippen LogP contribution in [0.4, 0.5) is 4.39 Å². The van der Waals surface area contributed by atoms with Gasteiger partial charge >= 0.3 is 5.97 Å². The number of carbonyl (C=O) groups excluding carboxylic acids is 1. The Kier molecular flexibility index (Phi) is 8.45. The number of nitrogens with one attached hydrogen (secondary N) is 1. The van der Waals surface area contributed by atoms with Gasteiger partial charge in [-0.2, -0.15) is 0 Å². The van der Waals surface area contributed by atoms with E-state index in [0.29, 0.717) is 32.9 Å². The van der Waals surface area contributed by atoms with Crippen LogP contribution in [0.5, 0.6) is 0 Å². The number of esters is 1. The monoisotopic (exact) mass is 420 g/mol. The van der Waals surface area contributed by atoms with Gasteiger partial charge in [0.05, 0.1) is 31.8 Å². The Morgan fingerprint density at radius 1 is 1.30 bits per heavy atom. The highest BCUT2D eigenvalue weighted by molar-refractivity contribution is 5.81. The zero-order valence-electron chi connectivity index (χ0n) is 18.0. The van der Waals surface area contributed by atoms with Crippen molar-refractivity contribution in [3.8, 4) is 0 Å². The Hall–Kier alpha value is -2.19. The number of hydrogen-bond donors (Lipinski definition) is 1. The molecule has 166 valence electrons. The fraction of sp³-hybridized carbons (Fsp3) is 0.636. The predicted octanol–water partition coefficient (Wildman–Crippen LogP) is 2.05. The van der Waals surface area contributed by atoms with Gasteiger partial charge in [-0.05, 0) is 37.5 Å². The Morgan fingerprint density at radius 3 is 2.70 bits per heavy atom. The third-order valence-corrected chi connectivity index (χ3v) is 5.75. The van der Waals surface area contributed by atoms with Crippen molar-refractivity contribution in [1.82, 2.24) is 15.1 Å². The number of rotatable bonds is 6. The van der Waals surface area contributed by atoms with Crippen LogP contribution in [-0.4, -0.2) is 81.3 Å². The number of piperidine rings is 1. The highest BCUT2D eigenvalue weighted by Gasteiger charge is 2.29. The molecular weight excluding hydrogens is 387 g/mol. The Balaban J connectivity index is 1.66. The Morgan fingerprint density at radius 2 is 2.03 bits per heavy atom. The Labute approximate surface area is 178 Å². The first kappa shape index (κ1) is 22.5. The summed E-state index contributed by atoms with van der Waals surface area (Å²) in [5, 5.41) is 3.49. The summed E-state index contributed by atoms with van der Waals surface area (Å²) in [4.78, 5) is 21.1. The average Bonchev–Trinajstić information content (AvgIpc) is 2.78. The zero-order valence-corrected chi connectivity index (χ0v) is 18.0. The van der Waals surface area contributed by atoms with Gasteiger partial charge in [0.15, 0.2) is 5.96 Å². The summed E-state index contributed by atoms with van der Waals surface area (Å²) < 4.78 is 24.2. The second-order valence-corrected chi connectivity index (χ2v) is 7.68. The van der Waals surface area contributed by atoms with Crippen molar-refractivity contribution in [2.45, 2.75) is 25.8 Å². The first-order valence-electron chi connectivity index (χ1n) is 10.8. The predicted molar refractivity (Wildman–Crippen MR) is 114 cm³/mol. The third kappa shape index (κ3) is 5.92. The molecule has 1 aromatic rings. The first-order valence-corrected chi connectivity index (χ1v) is 10.8. The maximum atomic E-state index is 13.4. The number of hydrogen-bond acceptors (Lipinski definition) is 5. The highest BCUT2D eigenvalue weighted by Crippen LogP contribution is 2.22. The van der Waals surface area contributed by atoms with E-state index in [1.807, 2.05) is 19.1 Å². The van der Waals surface area contributed by atoms with Gasteiger partial charge in [-0.3, -0.25) is 14.7 Å². The number of carbonyl (C=O) groups is 1. The maximum Gasteiger partial charge on any atom is 0.310 e. The smallest absolute Gasteiger partial charge is 0.310 e. The topological polar surface area (TPSA) is 66.4 Å². The van der Waals surface area contributed by atoms with E-state index in [1.54, 1.807) is 7.05 Å². The van der Waals surface area contributed by atoms with Gasteiger partial charge in [-0.1, -0.05) is 12.1 Å². The largest absolute Gasteiger partial charge is 0.466 e. The molecule has 0 spiro atoms. The van der Waals surface area contributed by atoms with E-state index >= 15 is 0 Å². The quantitative estimate of drug-likeness (QED) is 0.432. The lowest BCUT2D eigenvalue weighted by atomic mass is 9.98. The van der Waals surface area contributed by atoms with Crippen LogP contribution in [-0.2, 0) is 14.3 Å². The third-order valence-electron chi connectivity index (χ3n) is 5.75. The van der Waals surface area contributed by atoms with Crippen molar-refractivity contribution in [3.05, 3.63) is 35.6 Å². The van der Waals surface area contributed by atoms with Crippen molar-refractivity contribution in [2.75, 3.05) is 59.6 Å². The average molecular weight is 421 g/mol. The number of guanidine groups is 1. The number of aliphatic imine (C=N–C) groups is 1. The van der Waals surface area contributed by atoms with E-state index in [4.69, 9.17) is 9.47 Å². The maximum absolute atomic E-state index is 13.4. The summed E-state index contributed by atoms with van der Waals surface area (Å²) in [5.41, 5.74) is 1.06. The number of ether oxygens (including phenoxy) is 2. The van der Waals surface area contributed by atoms with Crippen LogP contribution in [0.25, 0.3) is 0 Å². The number of morpholine rings is 1. The van der Waals surface area contributed by atoms with Gasteiger partial charge in [0.25, 0.3) is 0 Å². The van der Waals surface area contributed by atoms with Crippen molar-refractivity contribution < 1.29 is 18.7 Å². The molecular formula is C22H33FN4O3. The molecule has 0 saturated carbocycles. The molecule has 8 heteroatoms. The molecule has 0 aromatic heterocycles. The summed E-state index contributed by atoms with van der Waals surface area (Å²) in [7, 11) is 1.76. The van der Waals surface area contributed by atoms with Crippen LogP contribution in [0.15, 0.2) is 29.3 Å². The van der Waals surface area contributed by atoms with E-state index in [1.165, 1.54) is 12.1 Å². The summed E-state index contributed by atoms with van der Waals surface area (Å²) in [6.45, 7) is 7.39. The van der Waals surface area contributed by atoms with Gasteiger partial charge in [-0.15, -0.1) is 0 Å². The molecule has 30 heavy (non-hydrogen) atoms. The molecule has 2 heterocycles. The summed E-state index contributed by atoms with van der Waals surface area (Å²) in [6.07, 6.45) is 1.77. The number of halogens is 1. The molecule has 3 rings (SSSR count). The molecule has 2 aliphatic heterocycles. The minimum atomic E-state index is -0.235. The van der Waals surface area contributed by atoms with E-state index in [9.17, 15) is 9.18 Å². The minimum Gasteiger partial charge on any atom is -0.466 e. The first-order chi connectivity index (χ1) is 14.6. The second-order valence-electron chi connectivity index (χ2n) is 7.68. The van der Waals surface area contributed by atoms with Crippen molar-refractivity contribution >= 4 is 11.9 Å².